The molecule has 1 unspecified atom stereocenters. The van der Waals surface area contributed by atoms with Crippen LogP contribution < -0.4 is 5.32 Å². The maximum Gasteiger partial charge on any atom is 0.248 e. The highest BCUT2D eigenvalue weighted by molar-refractivity contribution is 6.31. The minimum absolute atomic E-state index is 0.177. The average molecular weight is 299 g/mol. The average Bonchev–Trinajstić information content (AvgIpc) is 2.34. The number of nitrogens with zero attached hydrogens (tertiary/aromatic N) is 1. The number of halogens is 2. The van der Waals surface area contributed by atoms with Crippen LogP contribution in [0.2, 0.25) is 5.02 Å². The molecular formula is C14H16ClFN2O2. The van der Waals surface area contributed by atoms with Crippen molar-refractivity contribution in [3.63, 3.8) is 0 Å². The van der Waals surface area contributed by atoms with Gasteiger partial charge in [0, 0.05) is 11.6 Å². The second-order valence-electron chi connectivity index (χ2n) is 5.46. The highest BCUT2D eigenvalue weighted by Crippen LogP contribution is 2.24. The molecule has 0 spiro atoms. The number of carbonyl (C=O) groups excluding carboxylic acids is 2. The van der Waals surface area contributed by atoms with Gasteiger partial charge in [-0.1, -0.05) is 17.7 Å². The maximum absolute atomic E-state index is 13.0. The second kappa shape index (κ2) is 5.05. The Bertz CT molecular complexity index is 574. The monoisotopic (exact) mass is 298 g/mol. The van der Waals surface area contributed by atoms with Crippen LogP contribution in [0, 0.1) is 5.82 Å². The van der Waals surface area contributed by atoms with Crippen LogP contribution in [0.1, 0.15) is 26.3 Å². The van der Waals surface area contributed by atoms with Crippen LogP contribution in [0.25, 0.3) is 0 Å². The van der Waals surface area contributed by atoms with Gasteiger partial charge < -0.3 is 10.2 Å². The standard InChI is InChI=1S/C14H16ClFN2O2/c1-8-12(19)17-14(2,3)13(20)18(8)7-9-4-5-10(16)6-11(9)15/h4-6,8H,7H2,1-3H3,(H,17,19). The van der Waals surface area contributed by atoms with Crippen molar-refractivity contribution in [2.45, 2.75) is 38.9 Å². The smallest absolute Gasteiger partial charge is 0.248 e. The number of piperazine rings is 1. The van der Waals surface area contributed by atoms with Gasteiger partial charge in [-0.2, -0.15) is 0 Å². The summed E-state index contributed by atoms with van der Waals surface area (Å²) in [5, 5.41) is 2.92. The summed E-state index contributed by atoms with van der Waals surface area (Å²) in [4.78, 5) is 25.7. The molecule has 1 aromatic carbocycles. The molecule has 2 rings (SSSR count). The minimum atomic E-state index is -0.948. The molecule has 1 N–H and O–H groups in total. The minimum Gasteiger partial charge on any atom is -0.340 e. The summed E-state index contributed by atoms with van der Waals surface area (Å²) in [6.45, 7) is 5.13. The van der Waals surface area contributed by atoms with Crippen molar-refractivity contribution in [1.29, 1.82) is 0 Å². The maximum atomic E-state index is 13.0. The lowest BCUT2D eigenvalue weighted by Crippen LogP contribution is -2.66. The largest absolute Gasteiger partial charge is 0.340 e. The van der Waals surface area contributed by atoms with Gasteiger partial charge in [0.2, 0.25) is 11.8 Å². The van der Waals surface area contributed by atoms with E-state index in [4.69, 9.17) is 11.6 Å². The van der Waals surface area contributed by atoms with Gasteiger partial charge >= 0.3 is 0 Å². The zero-order valence-electron chi connectivity index (χ0n) is 11.5. The summed E-state index contributed by atoms with van der Waals surface area (Å²) in [6, 6.07) is 3.42. The molecule has 1 heterocycles. The molecule has 0 bridgehead atoms. The summed E-state index contributed by atoms with van der Waals surface area (Å²) in [6.07, 6.45) is 0. The van der Waals surface area contributed by atoms with E-state index in [0.717, 1.165) is 0 Å². The van der Waals surface area contributed by atoms with Crippen molar-refractivity contribution in [2.75, 3.05) is 0 Å². The fourth-order valence-electron chi connectivity index (χ4n) is 2.18. The number of rotatable bonds is 2. The molecule has 6 heteroatoms. The number of carbonyl (C=O) groups is 2. The van der Waals surface area contributed by atoms with Gasteiger partial charge in [-0.15, -0.1) is 0 Å². The van der Waals surface area contributed by atoms with E-state index < -0.39 is 17.4 Å². The van der Waals surface area contributed by atoms with Crippen LogP contribution in [-0.2, 0) is 16.1 Å². The van der Waals surface area contributed by atoms with Crippen molar-refractivity contribution in [2.24, 2.45) is 0 Å². The Morgan fingerprint density at radius 2 is 2.05 bits per heavy atom. The Hall–Kier alpha value is -1.62. The zero-order chi connectivity index (χ0) is 15.1. The number of benzene rings is 1. The molecule has 1 atom stereocenters. The van der Waals surface area contributed by atoms with E-state index in [1.807, 2.05) is 0 Å². The molecule has 108 valence electrons. The molecule has 1 aliphatic rings. The first-order valence-corrected chi connectivity index (χ1v) is 6.67. The van der Waals surface area contributed by atoms with E-state index in [2.05, 4.69) is 5.32 Å². The van der Waals surface area contributed by atoms with E-state index >= 15 is 0 Å². The van der Waals surface area contributed by atoms with Gasteiger partial charge in [0.05, 0.1) is 0 Å². The summed E-state index contributed by atoms with van der Waals surface area (Å²) in [5.74, 6) is -0.840. The Balaban J connectivity index is 2.30. The van der Waals surface area contributed by atoms with E-state index in [-0.39, 0.29) is 23.4 Å². The van der Waals surface area contributed by atoms with Crippen molar-refractivity contribution >= 4 is 23.4 Å². The third-order valence-corrected chi connectivity index (χ3v) is 3.79. The molecule has 2 amide bonds. The van der Waals surface area contributed by atoms with E-state index in [9.17, 15) is 14.0 Å². The lowest BCUT2D eigenvalue weighted by atomic mass is 9.97. The fraction of sp³-hybridized carbons (Fsp3) is 0.429. The van der Waals surface area contributed by atoms with Crippen LogP contribution in [0.5, 0.6) is 0 Å². The second-order valence-corrected chi connectivity index (χ2v) is 5.87. The van der Waals surface area contributed by atoms with Gasteiger partial charge in [-0.25, -0.2) is 4.39 Å². The summed E-state index contributed by atoms with van der Waals surface area (Å²) in [5.41, 5.74) is -0.338. The topological polar surface area (TPSA) is 49.4 Å². The molecule has 20 heavy (non-hydrogen) atoms. The Labute approximate surface area is 121 Å². The van der Waals surface area contributed by atoms with Gasteiger partial charge in [0.1, 0.15) is 17.4 Å². The fourth-order valence-corrected chi connectivity index (χ4v) is 2.41. The van der Waals surface area contributed by atoms with Crippen LogP contribution in [0.15, 0.2) is 18.2 Å². The lowest BCUT2D eigenvalue weighted by Gasteiger charge is -2.41. The molecule has 1 saturated heterocycles. The molecule has 1 aliphatic heterocycles. The summed E-state index contributed by atoms with van der Waals surface area (Å²) < 4.78 is 13.0. The lowest BCUT2D eigenvalue weighted by molar-refractivity contribution is -0.153. The number of nitrogens with one attached hydrogen (secondary N) is 1. The summed E-state index contributed by atoms with van der Waals surface area (Å²) in [7, 11) is 0. The first kappa shape index (κ1) is 14.8. The Morgan fingerprint density at radius 3 is 2.65 bits per heavy atom. The molecule has 1 fully saturated rings. The predicted molar refractivity (Wildman–Crippen MR) is 73.6 cm³/mol. The predicted octanol–water partition coefficient (Wildman–Crippen LogP) is 2.10. The normalized spacial score (nSPS) is 21.9. The number of hydrogen-bond donors (Lipinski definition) is 1. The number of hydrogen-bond acceptors (Lipinski definition) is 2. The highest BCUT2D eigenvalue weighted by atomic mass is 35.5. The van der Waals surface area contributed by atoms with Crippen LogP contribution in [0.3, 0.4) is 0 Å². The van der Waals surface area contributed by atoms with E-state index in [1.54, 1.807) is 20.8 Å². The van der Waals surface area contributed by atoms with Gasteiger partial charge in [0.25, 0.3) is 0 Å². The van der Waals surface area contributed by atoms with Gasteiger partial charge in [-0.05, 0) is 38.5 Å². The van der Waals surface area contributed by atoms with Crippen molar-refractivity contribution in [1.82, 2.24) is 10.2 Å². The van der Waals surface area contributed by atoms with Crippen molar-refractivity contribution in [3.05, 3.63) is 34.6 Å². The molecule has 0 aliphatic carbocycles. The van der Waals surface area contributed by atoms with E-state index in [1.165, 1.54) is 23.1 Å². The third kappa shape index (κ3) is 2.63. The molecule has 0 radical (unpaired) electrons. The van der Waals surface area contributed by atoms with E-state index in [0.29, 0.717) is 5.56 Å². The molecular weight excluding hydrogens is 283 g/mol. The SMILES string of the molecule is CC1C(=O)NC(C)(C)C(=O)N1Cc1ccc(F)cc1Cl. The van der Waals surface area contributed by atoms with Crippen LogP contribution >= 0.6 is 11.6 Å². The van der Waals surface area contributed by atoms with Crippen LogP contribution in [-0.4, -0.2) is 28.3 Å². The molecule has 0 aromatic heterocycles. The Kier molecular flexibility index (Phi) is 3.73. The number of amides is 2. The zero-order valence-corrected chi connectivity index (χ0v) is 12.3. The molecule has 4 nitrogen and oxygen atoms in total. The quantitative estimate of drug-likeness (QED) is 0.909. The van der Waals surface area contributed by atoms with Crippen molar-refractivity contribution in [3.8, 4) is 0 Å². The third-order valence-electron chi connectivity index (χ3n) is 3.43. The highest BCUT2D eigenvalue weighted by Gasteiger charge is 2.43. The van der Waals surface area contributed by atoms with Gasteiger partial charge in [0.15, 0.2) is 0 Å². The first-order valence-electron chi connectivity index (χ1n) is 6.29. The molecule has 0 saturated carbocycles. The Morgan fingerprint density at radius 1 is 1.40 bits per heavy atom. The first-order chi connectivity index (χ1) is 9.22. The molecule has 1 aromatic rings. The van der Waals surface area contributed by atoms with Crippen molar-refractivity contribution < 1.29 is 14.0 Å². The van der Waals surface area contributed by atoms with Gasteiger partial charge in [-0.3, -0.25) is 9.59 Å². The summed E-state index contributed by atoms with van der Waals surface area (Å²) >= 11 is 5.97. The van der Waals surface area contributed by atoms with Crippen LogP contribution in [0.4, 0.5) is 4.39 Å².